The molecule has 25 heavy (non-hydrogen) atoms. The zero-order valence-electron chi connectivity index (χ0n) is 14.4. The molecule has 0 bridgehead atoms. The molecule has 4 atom stereocenters. The number of nitrogens with one attached hydrogen (secondary N) is 1. The molecule has 0 radical (unpaired) electrons. The molecule has 0 aromatic heterocycles. The van der Waals surface area contributed by atoms with Crippen LogP contribution in [0.2, 0.25) is 0 Å². The number of hydrogen-bond donors (Lipinski definition) is 2. The normalized spacial score (nSPS) is 30.4. The Morgan fingerprint density at radius 3 is 2.48 bits per heavy atom. The van der Waals surface area contributed by atoms with E-state index in [1.165, 1.54) is 0 Å². The maximum atomic E-state index is 13.0. The van der Waals surface area contributed by atoms with Gasteiger partial charge in [-0.15, -0.1) is 0 Å². The Labute approximate surface area is 148 Å². The van der Waals surface area contributed by atoms with Gasteiger partial charge in [-0.1, -0.05) is 43.2 Å². The van der Waals surface area contributed by atoms with Gasteiger partial charge in [-0.25, -0.2) is 0 Å². The van der Waals surface area contributed by atoms with Gasteiger partial charge in [-0.05, 0) is 36.2 Å². The average molecular weight is 339 g/mol. The largest absolute Gasteiger partial charge is 0.375 e. The summed E-state index contributed by atoms with van der Waals surface area (Å²) in [7, 11) is 0. The van der Waals surface area contributed by atoms with Gasteiger partial charge in [0.05, 0.1) is 0 Å². The number of likely N-dealkylation sites (tertiary alicyclic amines) is 1. The lowest BCUT2D eigenvalue weighted by molar-refractivity contribution is -0.147. The summed E-state index contributed by atoms with van der Waals surface area (Å²) in [4.78, 5) is 14.8. The first kappa shape index (κ1) is 16.4. The fourth-order valence-corrected chi connectivity index (χ4v) is 4.97. The Bertz CT molecular complexity index is 668. The van der Waals surface area contributed by atoms with Crippen molar-refractivity contribution >= 4 is 5.91 Å². The van der Waals surface area contributed by atoms with Gasteiger partial charge < -0.3 is 15.3 Å². The molecule has 3 fully saturated rings. The van der Waals surface area contributed by atoms with Crippen LogP contribution < -0.4 is 5.32 Å². The lowest BCUT2D eigenvalue weighted by Gasteiger charge is -2.33. The van der Waals surface area contributed by atoms with Crippen LogP contribution >= 0.6 is 0 Å². The number of nitrogens with zero attached hydrogens (tertiary/aromatic N) is 2. The summed E-state index contributed by atoms with van der Waals surface area (Å²) in [5, 5.41) is 23.4. The molecule has 5 heteroatoms. The number of rotatable bonds is 5. The second-order valence-electron chi connectivity index (χ2n) is 7.82. The molecule has 2 N–H and O–H groups in total. The molecule has 2 saturated carbocycles. The third-order valence-corrected chi connectivity index (χ3v) is 6.52. The van der Waals surface area contributed by atoms with Crippen LogP contribution in [0.3, 0.4) is 0 Å². The third-order valence-electron chi connectivity index (χ3n) is 6.52. The monoisotopic (exact) mass is 339 g/mol. The first-order valence-electron chi connectivity index (χ1n) is 9.35. The molecule has 132 valence electrons. The summed E-state index contributed by atoms with van der Waals surface area (Å²) in [5.41, 5.74) is -0.730. The van der Waals surface area contributed by atoms with Crippen molar-refractivity contribution in [3.8, 4) is 6.19 Å². The van der Waals surface area contributed by atoms with Gasteiger partial charge in [0.2, 0.25) is 0 Å². The van der Waals surface area contributed by atoms with Crippen LogP contribution in [0, 0.1) is 35.1 Å². The number of hydrogen-bond acceptors (Lipinski definition) is 4. The summed E-state index contributed by atoms with van der Waals surface area (Å²) < 4.78 is 0. The highest BCUT2D eigenvalue weighted by Crippen LogP contribution is 2.51. The van der Waals surface area contributed by atoms with E-state index in [0.717, 1.165) is 38.8 Å². The predicted molar refractivity (Wildman–Crippen MR) is 93.0 cm³/mol. The van der Waals surface area contributed by atoms with Crippen molar-refractivity contribution in [3.63, 3.8) is 0 Å². The fraction of sp³-hybridized carbons (Fsp3) is 0.600. The predicted octanol–water partition coefficient (Wildman–Crippen LogP) is 1.84. The number of aliphatic hydroxyl groups is 1. The maximum Gasteiger partial charge on any atom is 0.256 e. The SMILES string of the molecule is N#CN1CC2C(CNC(=O)C(O)(c3ccccc3)C3CCCC3)[C@H]2C1. The van der Waals surface area contributed by atoms with E-state index < -0.39 is 5.60 Å². The van der Waals surface area contributed by atoms with Gasteiger partial charge in [0.1, 0.15) is 0 Å². The van der Waals surface area contributed by atoms with Crippen molar-refractivity contribution in [2.75, 3.05) is 19.6 Å². The lowest BCUT2D eigenvalue weighted by Crippen LogP contribution is -2.49. The second kappa shape index (κ2) is 6.34. The molecule has 1 aromatic rings. The van der Waals surface area contributed by atoms with E-state index in [9.17, 15) is 9.90 Å². The Morgan fingerprint density at radius 1 is 1.24 bits per heavy atom. The Balaban J connectivity index is 1.43. The standard InChI is InChI=1S/C20H25N3O2/c21-13-23-11-17-16(18(17)12-23)10-22-19(24)20(25,15-8-4-5-9-15)14-6-2-1-3-7-14/h1-3,6-7,15-18,25H,4-5,8-12H2,(H,22,24)/t16?,17-,18?,20?/m1/s1. The zero-order valence-corrected chi connectivity index (χ0v) is 14.4. The number of benzene rings is 1. The molecule has 1 amide bonds. The van der Waals surface area contributed by atoms with Gasteiger partial charge >= 0.3 is 0 Å². The van der Waals surface area contributed by atoms with Gasteiger partial charge in [-0.3, -0.25) is 4.79 Å². The highest BCUT2D eigenvalue weighted by Gasteiger charge is 2.56. The minimum absolute atomic E-state index is 0.0114. The number of carbonyl (C=O) groups excluding carboxylic acids is 1. The van der Waals surface area contributed by atoms with Crippen molar-refractivity contribution < 1.29 is 9.90 Å². The van der Waals surface area contributed by atoms with E-state index in [-0.39, 0.29) is 11.8 Å². The van der Waals surface area contributed by atoms with E-state index in [4.69, 9.17) is 5.26 Å². The zero-order chi connectivity index (χ0) is 17.4. The van der Waals surface area contributed by atoms with E-state index in [2.05, 4.69) is 11.5 Å². The molecule has 5 nitrogen and oxygen atoms in total. The molecule has 1 heterocycles. The summed E-state index contributed by atoms with van der Waals surface area (Å²) >= 11 is 0. The van der Waals surface area contributed by atoms with Gasteiger partial charge in [0.25, 0.3) is 5.91 Å². The molecule has 2 aliphatic carbocycles. The highest BCUT2D eigenvalue weighted by molar-refractivity contribution is 5.86. The smallest absolute Gasteiger partial charge is 0.256 e. The van der Waals surface area contributed by atoms with Crippen molar-refractivity contribution in [1.29, 1.82) is 5.26 Å². The van der Waals surface area contributed by atoms with Crippen LogP contribution in [0.4, 0.5) is 0 Å². The number of carbonyl (C=O) groups is 1. The summed E-state index contributed by atoms with van der Waals surface area (Å²) in [6.07, 6.45) is 6.13. The van der Waals surface area contributed by atoms with Gasteiger partial charge in [-0.2, -0.15) is 5.26 Å². The van der Waals surface area contributed by atoms with E-state index in [1.54, 1.807) is 4.90 Å². The highest BCUT2D eigenvalue weighted by atomic mass is 16.3. The first-order valence-corrected chi connectivity index (χ1v) is 9.35. The maximum absolute atomic E-state index is 13.0. The van der Waals surface area contributed by atoms with Crippen molar-refractivity contribution in [1.82, 2.24) is 10.2 Å². The van der Waals surface area contributed by atoms with Crippen molar-refractivity contribution in [3.05, 3.63) is 35.9 Å². The molecule has 1 saturated heterocycles. The van der Waals surface area contributed by atoms with Gasteiger partial charge in [0.15, 0.2) is 11.8 Å². The van der Waals surface area contributed by atoms with Crippen LogP contribution in [0.5, 0.6) is 0 Å². The number of nitriles is 1. The van der Waals surface area contributed by atoms with E-state index in [1.807, 2.05) is 30.3 Å². The van der Waals surface area contributed by atoms with Crippen LogP contribution in [-0.4, -0.2) is 35.5 Å². The van der Waals surface area contributed by atoms with Gasteiger partial charge in [0, 0.05) is 25.6 Å². The van der Waals surface area contributed by atoms with Crippen molar-refractivity contribution in [2.24, 2.45) is 23.7 Å². The van der Waals surface area contributed by atoms with Crippen LogP contribution in [0.1, 0.15) is 31.2 Å². The minimum Gasteiger partial charge on any atom is -0.375 e. The Hall–Kier alpha value is -2.06. The molecule has 0 spiro atoms. The molecule has 3 unspecified atom stereocenters. The number of fused-ring (bicyclic) bond motifs is 1. The molecular weight excluding hydrogens is 314 g/mol. The summed E-state index contributed by atoms with van der Waals surface area (Å²) in [5.74, 6) is 1.24. The van der Waals surface area contributed by atoms with Crippen LogP contribution in [0.15, 0.2) is 30.3 Å². The molecule has 3 aliphatic rings. The summed E-state index contributed by atoms with van der Waals surface area (Å²) in [6.45, 7) is 2.23. The minimum atomic E-state index is -1.43. The number of piperidine rings is 1. The van der Waals surface area contributed by atoms with Crippen LogP contribution in [0.25, 0.3) is 0 Å². The topological polar surface area (TPSA) is 76.4 Å². The molecule has 1 aromatic carbocycles. The van der Waals surface area contributed by atoms with Crippen LogP contribution in [-0.2, 0) is 10.4 Å². The van der Waals surface area contributed by atoms with E-state index >= 15 is 0 Å². The molecule has 4 rings (SSSR count). The quantitative estimate of drug-likeness (QED) is 0.803. The lowest BCUT2D eigenvalue weighted by atomic mass is 9.79. The fourth-order valence-electron chi connectivity index (χ4n) is 4.97. The van der Waals surface area contributed by atoms with E-state index in [0.29, 0.717) is 29.9 Å². The number of amides is 1. The second-order valence-corrected chi connectivity index (χ2v) is 7.82. The van der Waals surface area contributed by atoms with Crippen molar-refractivity contribution in [2.45, 2.75) is 31.3 Å². The Morgan fingerprint density at radius 2 is 1.88 bits per heavy atom. The molecule has 1 aliphatic heterocycles. The Kier molecular flexibility index (Phi) is 4.16. The molecular formula is C20H25N3O2. The summed E-state index contributed by atoms with van der Waals surface area (Å²) in [6, 6.07) is 9.38. The first-order chi connectivity index (χ1) is 12.1. The average Bonchev–Trinajstić information content (AvgIpc) is 3.09. The third kappa shape index (κ3) is 2.79.